The molecule has 0 radical (unpaired) electrons. The minimum atomic E-state index is 0.500. The van der Waals surface area contributed by atoms with E-state index < -0.39 is 0 Å². The zero-order valence-electron chi connectivity index (χ0n) is 11.7. The summed E-state index contributed by atoms with van der Waals surface area (Å²) in [5.41, 5.74) is 1.75. The van der Waals surface area contributed by atoms with Gasteiger partial charge in [-0.2, -0.15) is 0 Å². The molecular weight excluding hydrogens is 222 g/mol. The molecule has 1 aromatic rings. The van der Waals surface area contributed by atoms with Crippen LogP contribution < -0.4 is 10.1 Å². The quantitative estimate of drug-likeness (QED) is 0.855. The van der Waals surface area contributed by atoms with Gasteiger partial charge in [0.25, 0.3) is 0 Å². The Morgan fingerprint density at radius 1 is 1.17 bits per heavy atom. The van der Waals surface area contributed by atoms with Gasteiger partial charge in [0.15, 0.2) is 0 Å². The van der Waals surface area contributed by atoms with Crippen LogP contribution in [0.4, 0.5) is 0 Å². The minimum absolute atomic E-state index is 0.500. The molecule has 0 aromatic heterocycles. The van der Waals surface area contributed by atoms with E-state index in [4.69, 9.17) is 4.74 Å². The number of para-hydroxylation sites is 1. The second-order valence-corrected chi connectivity index (χ2v) is 5.79. The number of methoxy groups -OCH3 is 1. The van der Waals surface area contributed by atoms with Crippen molar-refractivity contribution in [3.63, 3.8) is 0 Å². The number of hydrogen-bond donors (Lipinski definition) is 1. The Labute approximate surface area is 111 Å². The molecule has 1 fully saturated rings. The van der Waals surface area contributed by atoms with Gasteiger partial charge in [0.1, 0.15) is 5.75 Å². The topological polar surface area (TPSA) is 21.3 Å². The Balaban J connectivity index is 1.84. The van der Waals surface area contributed by atoms with E-state index in [9.17, 15) is 0 Å². The third-order valence-electron chi connectivity index (χ3n) is 4.12. The molecule has 1 aliphatic carbocycles. The van der Waals surface area contributed by atoms with Gasteiger partial charge in [0, 0.05) is 18.7 Å². The molecule has 0 atom stereocenters. The lowest BCUT2D eigenvalue weighted by Crippen LogP contribution is -2.33. The minimum Gasteiger partial charge on any atom is -0.496 e. The number of ether oxygens (including phenoxy) is 1. The summed E-state index contributed by atoms with van der Waals surface area (Å²) in [5, 5.41) is 3.61. The average Bonchev–Trinajstić information content (AvgIpc) is 2.40. The summed E-state index contributed by atoms with van der Waals surface area (Å²) in [5.74, 6) is 0.985. The first-order valence-electron chi connectivity index (χ1n) is 7.06. The lowest BCUT2D eigenvalue weighted by Gasteiger charge is -2.33. The van der Waals surface area contributed by atoms with Crippen LogP contribution in [-0.4, -0.2) is 13.7 Å². The first kappa shape index (κ1) is 13.4. The van der Waals surface area contributed by atoms with Crippen LogP contribution >= 0.6 is 0 Å². The van der Waals surface area contributed by atoms with Gasteiger partial charge in [-0.05, 0) is 24.3 Å². The molecule has 0 spiro atoms. The molecule has 0 bridgehead atoms. The van der Waals surface area contributed by atoms with Crippen molar-refractivity contribution in [2.24, 2.45) is 5.41 Å². The lowest BCUT2D eigenvalue weighted by molar-refractivity contribution is 0.207. The summed E-state index contributed by atoms with van der Waals surface area (Å²) in [6.07, 6.45) is 6.94. The number of hydrogen-bond acceptors (Lipinski definition) is 2. The maximum absolute atomic E-state index is 5.37. The summed E-state index contributed by atoms with van der Waals surface area (Å²) in [7, 11) is 1.74. The molecule has 1 N–H and O–H groups in total. The fourth-order valence-electron chi connectivity index (χ4n) is 2.93. The van der Waals surface area contributed by atoms with E-state index in [1.165, 1.54) is 37.7 Å². The third-order valence-corrected chi connectivity index (χ3v) is 4.12. The summed E-state index contributed by atoms with van der Waals surface area (Å²) in [4.78, 5) is 0. The summed E-state index contributed by atoms with van der Waals surface area (Å²) < 4.78 is 5.37. The highest BCUT2D eigenvalue weighted by atomic mass is 16.5. The van der Waals surface area contributed by atoms with Crippen molar-refractivity contribution >= 4 is 0 Å². The highest BCUT2D eigenvalue weighted by Gasteiger charge is 2.26. The second kappa shape index (κ2) is 6.24. The van der Waals surface area contributed by atoms with Gasteiger partial charge in [-0.1, -0.05) is 44.4 Å². The summed E-state index contributed by atoms with van der Waals surface area (Å²) >= 11 is 0. The van der Waals surface area contributed by atoms with Crippen molar-refractivity contribution in [2.45, 2.75) is 45.6 Å². The SMILES string of the molecule is COc1ccccc1CNCC1(C)CCCCC1. The van der Waals surface area contributed by atoms with E-state index in [1.807, 2.05) is 12.1 Å². The van der Waals surface area contributed by atoms with Crippen molar-refractivity contribution in [3.05, 3.63) is 29.8 Å². The standard InChI is InChI=1S/C16H25NO/c1-16(10-6-3-7-11-16)13-17-12-14-8-4-5-9-15(14)18-2/h4-5,8-9,17H,3,6-7,10-13H2,1-2H3. The summed E-state index contributed by atoms with van der Waals surface area (Å²) in [6, 6.07) is 8.25. The Morgan fingerprint density at radius 2 is 1.89 bits per heavy atom. The van der Waals surface area contributed by atoms with Crippen LogP contribution in [0.3, 0.4) is 0 Å². The number of rotatable bonds is 5. The fraction of sp³-hybridized carbons (Fsp3) is 0.625. The molecule has 2 heteroatoms. The molecule has 0 amide bonds. The van der Waals surface area contributed by atoms with E-state index in [1.54, 1.807) is 7.11 Å². The Morgan fingerprint density at radius 3 is 2.61 bits per heavy atom. The van der Waals surface area contributed by atoms with Crippen LogP contribution in [0.15, 0.2) is 24.3 Å². The predicted octanol–water partition coefficient (Wildman–Crippen LogP) is 3.76. The third kappa shape index (κ3) is 3.49. The molecule has 0 aliphatic heterocycles. The van der Waals surface area contributed by atoms with Crippen LogP contribution in [-0.2, 0) is 6.54 Å². The first-order valence-corrected chi connectivity index (χ1v) is 7.06. The van der Waals surface area contributed by atoms with Crippen LogP contribution in [0.1, 0.15) is 44.6 Å². The molecule has 0 unspecified atom stereocenters. The highest BCUT2D eigenvalue weighted by Crippen LogP contribution is 2.35. The van der Waals surface area contributed by atoms with Gasteiger partial charge >= 0.3 is 0 Å². The normalized spacial score (nSPS) is 18.6. The molecule has 100 valence electrons. The van der Waals surface area contributed by atoms with Gasteiger partial charge in [-0.25, -0.2) is 0 Å². The Bertz CT molecular complexity index is 369. The molecule has 1 aliphatic rings. The monoisotopic (exact) mass is 247 g/mol. The van der Waals surface area contributed by atoms with Crippen molar-refractivity contribution in [3.8, 4) is 5.75 Å². The molecule has 18 heavy (non-hydrogen) atoms. The predicted molar refractivity (Wildman–Crippen MR) is 75.9 cm³/mol. The lowest BCUT2D eigenvalue weighted by atomic mass is 9.76. The summed E-state index contributed by atoms with van der Waals surface area (Å²) in [6.45, 7) is 4.44. The van der Waals surface area contributed by atoms with E-state index in [0.29, 0.717) is 5.41 Å². The van der Waals surface area contributed by atoms with Crippen molar-refractivity contribution in [1.82, 2.24) is 5.32 Å². The smallest absolute Gasteiger partial charge is 0.123 e. The number of benzene rings is 1. The molecule has 2 nitrogen and oxygen atoms in total. The zero-order valence-corrected chi connectivity index (χ0v) is 11.7. The van der Waals surface area contributed by atoms with Gasteiger partial charge in [-0.15, -0.1) is 0 Å². The highest BCUT2D eigenvalue weighted by molar-refractivity contribution is 5.32. The van der Waals surface area contributed by atoms with Crippen molar-refractivity contribution < 1.29 is 4.74 Å². The maximum atomic E-state index is 5.37. The Kier molecular flexibility index (Phi) is 4.65. The largest absolute Gasteiger partial charge is 0.496 e. The average molecular weight is 247 g/mol. The second-order valence-electron chi connectivity index (χ2n) is 5.79. The van der Waals surface area contributed by atoms with Crippen molar-refractivity contribution in [2.75, 3.05) is 13.7 Å². The van der Waals surface area contributed by atoms with E-state index in [2.05, 4.69) is 24.4 Å². The zero-order chi connectivity index (χ0) is 12.8. The molecule has 1 aromatic carbocycles. The van der Waals surface area contributed by atoms with Crippen LogP contribution in [0.2, 0.25) is 0 Å². The molecule has 1 saturated carbocycles. The van der Waals surface area contributed by atoms with Gasteiger partial charge in [-0.3, -0.25) is 0 Å². The maximum Gasteiger partial charge on any atom is 0.123 e. The molecule has 0 heterocycles. The van der Waals surface area contributed by atoms with Crippen LogP contribution in [0.25, 0.3) is 0 Å². The van der Waals surface area contributed by atoms with Gasteiger partial charge in [0.05, 0.1) is 7.11 Å². The van der Waals surface area contributed by atoms with E-state index >= 15 is 0 Å². The first-order chi connectivity index (χ1) is 8.73. The van der Waals surface area contributed by atoms with Crippen LogP contribution in [0.5, 0.6) is 5.75 Å². The Hall–Kier alpha value is -1.02. The van der Waals surface area contributed by atoms with E-state index in [-0.39, 0.29) is 0 Å². The molecular formula is C16H25NO. The van der Waals surface area contributed by atoms with Gasteiger partial charge in [0.2, 0.25) is 0 Å². The fourth-order valence-corrected chi connectivity index (χ4v) is 2.93. The van der Waals surface area contributed by atoms with Gasteiger partial charge < -0.3 is 10.1 Å². The number of nitrogens with one attached hydrogen (secondary N) is 1. The molecule has 2 rings (SSSR count). The molecule has 0 saturated heterocycles. The van der Waals surface area contributed by atoms with Crippen LogP contribution in [0, 0.1) is 5.41 Å². The van der Waals surface area contributed by atoms with Crippen molar-refractivity contribution in [1.29, 1.82) is 0 Å². The van der Waals surface area contributed by atoms with E-state index in [0.717, 1.165) is 18.8 Å².